The van der Waals surface area contributed by atoms with Gasteiger partial charge in [0.15, 0.2) is 0 Å². The second kappa shape index (κ2) is 2.83. The summed E-state index contributed by atoms with van der Waals surface area (Å²) >= 11 is 1.40. The highest BCUT2D eigenvalue weighted by atomic mass is 32.1. The Morgan fingerprint density at radius 2 is 2.30 bits per heavy atom. The molecule has 0 saturated heterocycles. The molecule has 10 heavy (non-hydrogen) atoms. The van der Waals surface area contributed by atoms with Crippen LogP contribution in [0.4, 0.5) is 10.3 Å². The molecule has 0 radical (unpaired) electrons. The zero-order valence-electron chi connectivity index (χ0n) is 6.03. The van der Waals surface area contributed by atoms with Gasteiger partial charge in [-0.1, -0.05) is 11.3 Å². The van der Waals surface area contributed by atoms with Gasteiger partial charge in [0.05, 0.1) is 0 Å². The summed E-state index contributed by atoms with van der Waals surface area (Å²) in [5.74, 6) is 0. The lowest BCUT2D eigenvalue weighted by Gasteiger charge is -2.09. The molecule has 0 aromatic carbocycles. The van der Waals surface area contributed by atoms with Gasteiger partial charge in [0.1, 0.15) is 0 Å². The van der Waals surface area contributed by atoms with E-state index in [0.29, 0.717) is 5.13 Å². The first kappa shape index (κ1) is 7.27. The second-order valence-corrected chi connectivity index (χ2v) is 2.92. The van der Waals surface area contributed by atoms with Crippen LogP contribution in [-0.4, -0.2) is 23.8 Å². The van der Waals surface area contributed by atoms with Crippen molar-refractivity contribution >= 4 is 21.6 Å². The summed E-state index contributed by atoms with van der Waals surface area (Å²) in [5, 5.41) is 8.94. The van der Waals surface area contributed by atoms with Gasteiger partial charge in [-0.25, -0.2) is 0 Å². The van der Waals surface area contributed by atoms with E-state index in [-0.39, 0.29) is 0 Å². The summed E-state index contributed by atoms with van der Waals surface area (Å²) < 4.78 is 0. The lowest BCUT2D eigenvalue weighted by Crippen LogP contribution is -2.15. The molecule has 0 unspecified atom stereocenters. The lowest BCUT2D eigenvalue weighted by atomic mass is 10.7. The molecule has 0 spiro atoms. The fraction of sp³-hybridized carbons (Fsp3) is 0.600. The smallest absolute Gasteiger partial charge is 0.209 e. The van der Waals surface area contributed by atoms with E-state index in [9.17, 15) is 0 Å². The Morgan fingerprint density at radius 1 is 1.60 bits per heavy atom. The Bertz CT molecular complexity index is 209. The maximum atomic E-state index is 5.39. The van der Waals surface area contributed by atoms with Crippen molar-refractivity contribution in [2.75, 3.05) is 24.2 Å². The van der Waals surface area contributed by atoms with E-state index in [1.54, 1.807) is 0 Å². The Kier molecular flexibility index (Phi) is 2.06. The molecule has 0 bridgehead atoms. The number of nitrogen functional groups attached to an aromatic ring is 1. The fourth-order valence-electron chi connectivity index (χ4n) is 0.516. The van der Waals surface area contributed by atoms with Gasteiger partial charge in [0, 0.05) is 13.6 Å². The molecule has 1 heterocycles. The first-order valence-electron chi connectivity index (χ1n) is 3.04. The topological polar surface area (TPSA) is 55.0 Å². The maximum absolute atomic E-state index is 5.39. The largest absolute Gasteiger partial charge is 0.374 e. The van der Waals surface area contributed by atoms with Crippen molar-refractivity contribution in [2.45, 2.75) is 6.92 Å². The van der Waals surface area contributed by atoms with Crippen molar-refractivity contribution in [2.24, 2.45) is 0 Å². The van der Waals surface area contributed by atoms with Crippen molar-refractivity contribution in [3.63, 3.8) is 0 Å². The summed E-state index contributed by atoms with van der Waals surface area (Å²) in [6.45, 7) is 2.98. The van der Waals surface area contributed by atoms with E-state index in [1.165, 1.54) is 11.3 Å². The standard InChI is InChI=1S/C5H10N4S/c1-3-9(2)5-8-7-4(6)10-5/h3H2,1-2H3,(H2,6,7). The molecule has 0 fully saturated rings. The van der Waals surface area contributed by atoms with Gasteiger partial charge >= 0.3 is 0 Å². The molecule has 0 aliphatic carbocycles. The summed E-state index contributed by atoms with van der Waals surface area (Å²) in [4.78, 5) is 1.99. The van der Waals surface area contributed by atoms with Crippen LogP contribution in [0.2, 0.25) is 0 Å². The van der Waals surface area contributed by atoms with E-state index < -0.39 is 0 Å². The third-order valence-electron chi connectivity index (χ3n) is 1.23. The highest BCUT2D eigenvalue weighted by Crippen LogP contribution is 2.19. The number of nitrogens with two attached hydrogens (primary N) is 1. The highest BCUT2D eigenvalue weighted by Gasteiger charge is 2.02. The average molecular weight is 158 g/mol. The van der Waals surface area contributed by atoms with Crippen LogP contribution in [0.25, 0.3) is 0 Å². The number of hydrogen-bond acceptors (Lipinski definition) is 5. The third-order valence-corrected chi connectivity index (χ3v) is 2.10. The molecule has 0 amide bonds. The molecule has 1 aromatic heterocycles. The van der Waals surface area contributed by atoms with Crippen LogP contribution in [0, 0.1) is 0 Å². The van der Waals surface area contributed by atoms with Gasteiger partial charge in [-0.05, 0) is 6.92 Å². The number of rotatable bonds is 2. The minimum absolute atomic E-state index is 0.523. The van der Waals surface area contributed by atoms with Crippen LogP contribution in [0.15, 0.2) is 0 Å². The van der Waals surface area contributed by atoms with Gasteiger partial charge in [-0.3, -0.25) is 0 Å². The first-order valence-corrected chi connectivity index (χ1v) is 3.85. The van der Waals surface area contributed by atoms with Crippen LogP contribution in [0.5, 0.6) is 0 Å². The lowest BCUT2D eigenvalue weighted by molar-refractivity contribution is 0.930. The summed E-state index contributed by atoms with van der Waals surface area (Å²) in [6, 6.07) is 0. The van der Waals surface area contributed by atoms with Crippen LogP contribution in [0.3, 0.4) is 0 Å². The van der Waals surface area contributed by atoms with E-state index in [4.69, 9.17) is 5.73 Å². The Labute approximate surface area is 63.7 Å². The molecule has 1 aromatic rings. The zero-order chi connectivity index (χ0) is 7.56. The monoisotopic (exact) mass is 158 g/mol. The van der Waals surface area contributed by atoms with E-state index in [1.807, 2.05) is 11.9 Å². The molecule has 1 rings (SSSR count). The Hall–Kier alpha value is -0.840. The normalized spacial score (nSPS) is 9.80. The molecule has 0 aliphatic rings. The molecule has 0 aliphatic heterocycles. The van der Waals surface area contributed by atoms with Gasteiger partial charge in [-0.15, -0.1) is 10.2 Å². The predicted molar refractivity (Wildman–Crippen MR) is 43.3 cm³/mol. The highest BCUT2D eigenvalue weighted by molar-refractivity contribution is 7.18. The minimum atomic E-state index is 0.523. The minimum Gasteiger partial charge on any atom is -0.374 e. The predicted octanol–water partition coefficient (Wildman–Crippen LogP) is 0.576. The summed E-state index contributed by atoms with van der Waals surface area (Å²) in [5.41, 5.74) is 5.39. The first-order chi connectivity index (χ1) is 4.74. The Morgan fingerprint density at radius 3 is 2.70 bits per heavy atom. The number of hydrogen-bond donors (Lipinski definition) is 1. The molecule has 0 atom stereocenters. The molecule has 4 nitrogen and oxygen atoms in total. The maximum Gasteiger partial charge on any atom is 0.209 e. The van der Waals surface area contributed by atoms with Crippen molar-refractivity contribution in [1.29, 1.82) is 0 Å². The van der Waals surface area contributed by atoms with Crippen LogP contribution in [-0.2, 0) is 0 Å². The molecular weight excluding hydrogens is 148 g/mol. The van der Waals surface area contributed by atoms with Crippen LogP contribution >= 0.6 is 11.3 Å². The number of aromatic nitrogens is 2. The molecule has 56 valence electrons. The van der Waals surface area contributed by atoms with Crippen molar-refractivity contribution in [3.8, 4) is 0 Å². The van der Waals surface area contributed by atoms with Gasteiger partial charge in [0.2, 0.25) is 10.3 Å². The molecule has 5 heteroatoms. The van der Waals surface area contributed by atoms with Gasteiger partial charge in [-0.2, -0.15) is 0 Å². The average Bonchev–Trinajstić information content (AvgIpc) is 2.34. The van der Waals surface area contributed by atoms with Crippen molar-refractivity contribution in [3.05, 3.63) is 0 Å². The number of nitrogens with zero attached hydrogens (tertiary/aromatic N) is 3. The second-order valence-electron chi connectivity index (χ2n) is 1.94. The van der Waals surface area contributed by atoms with E-state index >= 15 is 0 Å². The molecule has 2 N–H and O–H groups in total. The Balaban J connectivity index is 2.74. The summed E-state index contributed by atoms with van der Waals surface area (Å²) in [6.07, 6.45) is 0. The van der Waals surface area contributed by atoms with Crippen molar-refractivity contribution in [1.82, 2.24) is 10.2 Å². The molecular formula is C5H10N4S. The van der Waals surface area contributed by atoms with Crippen LogP contribution in [0.1, 0.15) is 6.92 Å². The van der Waals surface area contributed by atoms with Crippen molar-refractivity contribution < 1.29 is 0 Å². The van der Waals surface area contributed by atoms with Gasteiger partial charge in [0.25, 0.3) is 0 Å². The number of anilines is 2. The van der Waals surface area contributed by atoms with E-state index in [0.717, 1.165) is 11.7 Å². The van der Waals surface area contributed by atoms with Crippen LogP contribution < -0.4 is 10.6 Å². The third kappa shape index (κ3) is 1.36. The molecule has 0 saturated carbocycles. The summed E-state index contributed by atoms with van der Waals surface area (Å²) in [7, 11) is 1.96. The van der Waals surface area contributed by atoms with E-state index in [2.05, 4.69) is 17.1 Å². The van der Waals surface area contributed by atoms with Gasteiger partial charge < -0.3 is 10.6 Å². The fourth-order valence-corrected chi connectivity index (χ4v) is 1.15. The zero-order valence-corrected chi connectivity index (χ0v) is 6.85. The SMILES string of the molecule is CCN(C)c1nnc(N)s1. The quantitative estimate of drug-likeness (QED) is 0.684.